The van der Waals surface area contributed by atoms with Crippen LogP contribution >= 0.6 is 46.4 Å². The summed E-state index contributed by atoms with van der Waals surface area (Å²) in [7, 11) is -3.75. The highest BCUT2D eigenvalue weighted by atomic mass is 35.5. The molecule has 3 aromatic rings. The van der Waals surface area contributed by atoms with Crippen LogP contribution in [0.25, 0.3) is 0 Å². The molecule has 2 amide bonds. The van der Waals surface area contributed by atoms with Crippen LogP contribution in [0.5, 0.6) is 0 Å². The summed E-state index contributed by atoms with van der Waals surface area (Å²) in [5.41, 5.74) is 1.78. The average molecular weight is 714 g/mol. The van der Waals surface area contributed by atoms with Crippen molar-refractivity contribution in [3.05, 3.63) is 97.9 Å². The van der Waals surface area contributed by atoms with Gasteiger partial charge in [-0.05, 0) is 60.7 Å². The lowest BCUT2D eigenvalue weighted by atomic mass is 9.94. The van der Waals surface area contributed by atoms with Crippen LogP contribution in [-0.2, 0) is 32.6 Å². The fraction of sp³-hybridized carbons (Fsp3) is 0.394. The van der Waals surface area contributed by atoms with E-state index < -0.39 is 16.1 Å². The Kier molecular flexibility index (Phi) is 12.9. The van der Waals surface area contributed by atoms with Crippen LogP contribution in [0.4, 0.5) is 5.69 Å². The Morgan fingerprint density at radius 1 is 0.889 bits per heavy atom. The van der Waals surface area contributed by atoms with Crippen molar-refractivity contribution in [2.75, 3.05) is 17.1 Å². The molecule has 1 aliphatic rings. The first kappa shape index (κ1) is 35.4. The van der Waals surface area contributed by atoms with E-state index in [1.165, 1.54) is 12.1 Å². The monoisotopic (exact) mass is 711 g/mol. The number of halogens is 4. The minimum Gasteiger partial charge on any atom is -0.352 e. The molecule has 3 aromatic carbocycles. The Morgan fingerprint density at radius 2 is 1.56 bits per heavy atom. The van der Waals surface area contributed by atoms with Crippen molar-refractivity contribution >= 4 is 73.9 Å². The van der Waals surface area contributed by atoms with Gasteiger partial charge in [0, 0.05) is 47.0 Å². The first-order valence-corrected chi connectivity index (χ1v) is 18.3. The van der Waals surface area contributed by atoms with Gasteiger partial charge in [0.2, 0.25) is 21.8 Å². The number of amides is 2. The summed E-state index contributed by atoms with van der Waals surface area (Å²) in [6.07, 6.45) is 6.54. The molecule has 242 valence electrons. The number of carbonyl (C=O) groups is 2. The van der Waals surface area contributed by atoms with Crippen molar-refractivity contribution in [2.24, 2.45) is 0 Å². The van der Waals surface area contributed by atoms with Crippen LogP contribution in [-0.4, -0.2) is 50.0 Å². The smallest absolute Gasteiger partial charge is 0.243 e. The number of rotatable bonds is 13. The van der Waals surface area contributed by atoms with Crippen LogP contribution in [0.2, 0.25) is 20.1 Å². The van der Waals surface area contributed by atoms with E-state index in [9.17, 15) is 18.0 Å². The van der Waals surface area contributed by atoms with Gasteiger partial charge in [0.05, 0.1) is 17.0 Å². The Balaban J connectivity index is 1.63. The molecular formula is C33H37Cl4N3O4S. The lowest BCUT2D eigenvalue weighted by Crippen LogP contribution is -2.53. The Bertz CT molecular complexity index is 1580. The van der Waals surface area contributed by atoms with Gasteiger partial charge in [-0.1, -0.05) is 102 Å². The summed E-state index contributed by atoms with van der Waals surface area (Å²) >= 11 is 25.2. The van der Waals surface area contributed by atoms with Gasteiger partial charge in [-0.15, -0.1) is 0 Å². The summed E-state index contributed by atoms with van der Waals surface area (Å²) in [6, 6.07) is 18.4. The van der Waals surface area contributed by atoms with Crippen molar-refractivity contribution in [2.45, 2.75) is 70.0 Å². The minimum absolute atomic E-state index is 0.0161. The highest BCUT2D eigenvalue weighted by molar-refractivity contribution is 7.92. The molecule has 0 radical (unpaired) electrons. The summed E-state index contributed by atoms with van der Waals surface area (Å²) in [5.74, 6) is -0.543. The van der Waals surface area contributed by atoms with Gasteiger partial charge in [0.1, 0.15) is 6.04 Å². The molecular weight excluding hydrogens is 676 g/mol. The first-order valence-electron chi connectivity index (χ1n) is 14.9. The zero-order valence-corrected chi connectivity index (χ0v) is 28.9. The molecule has 7 nitrogen and oxygen atoms in total. The van der Waals surface area contributed by atoms with Gasteiger partial charge >= 0.3 is 0 Å². The fourth-order valence-corrected chi connectivity index (χ4v) is 7.46. The SMILES string of the molecule is CS(=O)(=O)N(CCCC(=O)N(Cc1ccc(Cl)cc1Cl)[C@H](Cc1ccccc1)C(=O)NC1CCCCC1)c1cc(Cl)ccc1Cl. The Morgan fingerprint density at radius 3 is 2.22 bits per heavy atom. The number of nitrogens with zero attached hydrogens (tertiary/aromatic N) is 2. The highest BCUT2D eigenvalue weighted by Gasteiger charge is 2.32. The third kappa shape index (κ3) is 10.2. The zero-order valence-electron chi connectivity index (χ0n) is 25.0. The molecule has 1 fully saturated rings. The van der Waals surface area contributed by atoms with Crippen molar-refractivity contribution in [1.29, 1.82) is 0 Å². The molecule has 0 aliphatic heterocycles. The van der Waals surface area contributed by atoms with Crippen LogP contribution in [0, 0.1) is 0 Å². The molecule has 0 heterocycles. The first-order chi connectivity index (χ1) is 21.4. The zero-order chi connectivity index (χ0) is 32.6. The van der Waals surface area contributed by atoms with E-state index in [1.54, 1.807) is 29.2 Å². The molecule has 1 N–H and O–H groups in total. The molecule has 12 heteroatoms. The summed E-state index contributed by atoms with van der Waals surface area (Å²) in [4.78, 5) is 29.6. The van der Waals surface area contributed by atoms with Gasteiger partial charge in [-0.2, -0.15) is 0 Å². The molecule has 45 heavy (non-hydrogen) atoms. The van der Waals surface area contributed by atoms with E-state index in [-0.39, 0.29) is 54.5 Å². The number of sulfonamides is 1. The predicted octanol–water partition coefficient (Wildman–Crippen LogP) is 7.94. The van der Waals surface area contributed by atoms with E-state index in [4.69, 9.17) is 46.4 Å². The van der Waals surface area contributed by atoms with E-state index in [0.717, 1.165) is 48.2 Å². The summed E-state index contributed by atoms with van der Waals surface area (Å²) < 4.78 is 26.6. The number of benzene rings is 3. The summed E-state index contributed by atoms with van der Waals surface area (Å²) in [5, 5.41) is 4.60. The second-order valence-corrected chi connectivity index (χ2v) is 14.9. The van der Waals surface area contributed by atoms with Crippen LogP contribution in [0.15, 0.2) is 66.7 Å². The number of hydrogen-bond acceptors (Lipinski definition) is 4. The van der Waals surface area contributed by atoms with Crippen molar-refractivity contribution in [3.8, 4) is 0 Å². The lowest BCUT2D eigenvalue weighted by molar-refractivity contribution is -0.141. The van der Waals surface area contributed by atoms with E-state index in [0.29, 0.717) is 27.1 Å². The van der Waals surface area contributed by atoms with Gasteiger partial charge in [-0.25, -0.2) is 8.42 Å². The lowest BCUT2D eigenvalue weighted by Gasteiger charge is -2.34. The quantitative estimate of drug-likeness (QED) is 0.195. The third-order valence-corrected chi connectivity index (χ3v) is 10.2. The van der Waals surface area contributed by atoms with E-state index >= 15 is 0 Å². The summed E-state index contributed by atoms with van der Waals surface area (Å²) in [6.45, 7) is 0.0537. The molecule has 1 atom stereocenters. The molecule has 1 saturated carbocycles. The number of hydrogen-bond donors (Lipinski definition) is 1. The third-order valence-electron chi connectivity index (χ3n) is 7.91. The van der Waals surface area contributed by atoms with E-state index in [2.05, 4.69) is 5.32 Å². The molecule has 4 rings (SSSR count). The highest BCUT2D eigenvalue weighted by Crippen LogP contribution is 2.31. The van der Waals surface area contributed by atoms with Gasteiger partial charge < -0.3 is 10.2 Å². The Labute approximate surface area is 285 Å². The fourth-order valence-electron chi connectivity index (χ4n) is 5.59. The maximum absolute atomic E-state index is 14.1. The minimum atomic E-state index is -3.75. The second kappa shape index (κ2) is 16.4. The molecule has 0 spiro atoms. The number of carbonyl (C=O) groups excluding carboxylic acids is 2. The standard InChI is InChI=1S/C33H37Cl4N3O4S/c1-45(43,44)40(30-21-26(35)16-17-28(30)36)18-8-13-32(41)39(22-24-14-15-25(34)20-29(24)37)31(19-23-9-4-2-5-10-23)33(42)38-27-11-6-3-7-12-27/h2,4-5,9-10,14-17,20-21,27,31H,3,6-8,11-13,18-19,22H2,1H3,(H,38,42)/t31-/m1/s1. The van der Waals surface area contributed by atoms with Crippen molar-refractivity contribution in [1.82, 2.24) is 10.2 Å². The van der Waals surface area contributed by atoms with Crippen molar-refractivity contribution < 1.29 is 18.0 Å². The normalized spacial score (nSPS) is 14.5. The van der Waals surface area contributed by atoms with E-state index in [1.807, 2.05) is 30.3 Å². The molecule has 0 saturated heterocycles. The van der Waals surface area contributed by atoms with Crippen LogP contribution in [0.1, 0.15) is 56.1 Å². The van der Waals surface area contributed by atoms with Gasteiger partial charge in [0.25, 0.3) is 0 Å². The van der Waals surface area contributed by atoms with Crippen molar-refractivity contribution in [3.63, 3.8) is 0 Å². The van der Waals surface area contributed by atoms with Crippen LogP contribution in [0.3, 0.4) is 0 Å². The molecule has 0 aromatic heterocycles. The number of nitrogens with one attached hydrogen (secondary N) is 1. The second-order valence-electron chi connectivity index (χ2n) is 11.3. The van der Waals surface area contributed by atoms with Gasteiger partial charge in [0.15, 0.2) is 0 Å². The average Bonchev–Trinajstić information content (AvgIpc) is 2.99. The maximum Gasteiger partial charge on any atom is 0.243 e. The topological polar surface area (TPSA) is 86.8 Å². The Hall–Kier alpha value is -2.49. The largest absolute Gasteiger partial charge is 0.352 e. The molecule has 1 aliphatic carbocycles. The molecule has 0 unspecified atom stereocenters. The van der Waals surface area contributed by atoms with Gasteiger partial charge in [-0.3, -0.25) is 13.9 Å². The molecule has 0 bridgehead atoms. The predicted molar refractivity (Wildman–Crippen MR) is 184 cm³/mol. The maximum atomic E-state index is 14.1. The number of anilines is 1. The van der Waals surface area contributed by atoms with Crippen LogP contribution < -0.4 is 9.62 Å².